The molecular weight excluding hydrogens is 342 g/mol. The molecule has 1 N–H and O–H groups in total. The molecule has 0 radical (unpaired) electrons. The second kappa shape index (κ2) is 9.42. The van der Waals surface area contributed by atoms with E-state index in [9.17, 15) is 4.79 Å². The van der Waals surface area contributed by atoms with Crippen LogP contribution in [0.4, 0.5) is 0 Å². The van der Waals surface area contributed by atoms with Crippen molar-refractivity contribution in [2.75, 3.05) is 47.4 Å². The van der Waals surface area contributed by atoms with Crippen molar-refractivity contribution in [3.8, 4) is 11.5 Å². The highest BCUT2D eigenvalue weighted by molar-refractivity contribution is 5.79. The molecule has 1 aromatic rings. The number of hydrogen-bond donors (Lipinski definition) is 1. The predicted octanol–water partition coefficient (Wildman–Crippen LogP) is 1.92. The van der Waals surface area contributed by atoms with E-state index in [0.717, 1.165) is 43.0 Å². The van der Waals surface area contributed by atoms with E-state index in [1.807, 2.05) is 18.2 Å². The Morgan fingerprint density at radius 1 is 1.15 bits per heavy atom. The van der Waals surface area contributed by atoms with E-state index in [1.54, 1.807) is 14.2 Å². The highest BCUT2D eigenvalue weighted by Gasteiger charge is 2.28. The summed E-state index contributed by atoms with van der Waals surface area (Å²) in [6.45, 7) is 4.47. The molecule has 0 saturated carbocycles. The molecule has 0 bridgehead atoms. The van der Waals surface area contributed by atoms with Crippen LogP contribution >= 0.6 is 0 Å². The van der Waals surface area contributed by atoms with Crippen LogP contribution in [0.5, 0.6) is 11.5 Å². The van der Waals surface area contributed by atoms with Gasteiger partial charge in [0.25, 0.3) is 0 Å². The third kappa shape index (κ3) is 5.36. The number of carbonyl (C=O) groups excluding carboxylic acids is 1. The third-order valence-electron chi connectivity index (χ3n) is 5.86. The summed E-state index contributed by atoms with van der Waals surface area (Å²) in [5.41, 5.74) is 0.859. The molecule has 0 aliphatic carbocycles. The number of piperidine rings is 2. The molecule has 2 aliphatic rings. The lowest BCUT2D eigenvalue weighted by molar-refractivity contribution is -0.121. The molecule has 3 rings (SSSR count). The number of rotatable bonds is 6. The SMILES string of the molecule is COc1ccc(OC)c(CC(=O)NC2CCCN(C3CCN(C)CC3)C2)c1. The van der Waals surface area contributed by atoms with Crippen molar-refractivity contribution in [2.24, 2.45) is 0 Å². The quantitative estimate of drug-likeness (QED) is 0.823. The van der Waals surface area contributed by atoms with Crippen molar-refractivity contribution < 1.29 is 14.3 Å². The van der Waals surface area contributed by atoms with E-state index in [-0.39, 0.29) is 11.9 Å². The lowest BCUT2D eigenvalue weighted by atomic mass is 9.98. The lowest BCUT2D eigenvalue weighted by Crippen LogP contribution is -2.53. The molecule has 1 aromatic carbocycles. The van der Waals surface area contributed by atoms with Crippen LogP contribution in [0, 0.1) is 0 Å². The second-order valence-corrected chi connectivity index (χ2v) is 7.79. The maximum absolute atomic E-state index is 12.6. The second-order valence-electron chi connectivity index (χ2n) is 7.79. The normalized spacial score (nSPS) is 22.4. The van der Waals surface area contributed by atoms with Gasteiger partial charge in [0.2, 0.25) is 5.91 Å². The molecule has 6 nitrogen and oxygen atoms in total. The molecule has 27 heavy (non-hydrogen) atoms. The van der Waals surface area contributed by atoms with Crippen LogP contribution in [0.25, 0.3) is 0 Å². The summed E-state index contributed by atoms with van der Waals surface area (Å²) in [6.07, 6.45) is 4.99. The monoisotopic (exact) mass is 375 g/mol. The Morgan fingerprint density at radius 2 is 1.93 bits per heavy atom. The van der Waals surface area contributed by atoms with Gasteiger partial charge in [0.1, 0.15) is 11.5 Å². The van der Waals surface area contributed by atoms with Crippen molar-refractivity contribution in [3.05, 3.63) is 23.8 Å². The van der Waals surface area contributed by atoms with Crippen LogP contribution in [0.3, 0.4) is 0 Å². The minimum atomic E-state index is 0.0526. The topological polar surface area (TPSA) is 54.0 Å². The molecule has 6 heteroatoms. The van der Waals surface area contributed by atoms with Gasteiger partial charge >= 0.3 is 0 Å². The number of amides is 1. The summed E-state index contributed by atoms with van der Waals surface area (Å²) in [6, 6.07) is 6.48. The van der Waals surface area contributed by atoms with Gasteiger partial charge in [-0.15, -0.1) is 0 Å². The molecule has 2 heterocycles. The first-order valence-corrected chi connectivity index (χ1v) is 10.0. The first-order valence-electron chi connectivity index (χ1n) is 10.0. The van der Waals surface area contributed by atoms with Gasteiger partial charge in [-0.3, -0.25) is 9.69 Å². The van der Waals surface area contributed by atoms with E-state index in [1.165, 1.54) is 25.9 Å². The van der Waals surface area contributed by atoms with Gasteiger partial charge in [-0.2, -0.15) is 0 Å². The highest BCUT2D eigenvalue weighted by atomic mass is 16.5. The summed E-state index contributed by atoms with van der Waals surface area (Å²) in [7, 11) is 5.46. The molecule has 150 valence electrons. The van der Waals surface area contributed by atoms with Gasteiger partial charge in [0, 0.05) is 24.2 Å². The first kappa shape index (κ1) is 20.0. The number of nitrogens with zero attached hydrogens (tertiary/aromatic N) is 2. The van der Waals surface area contributed by atoms with Crippen LogP contribution < -0.4 is 14.8 Å². The van der Waals surface area contributed by atoms with Crippen LogP contribution in [0.15, 0.2) is 18.2 Å². The molecule has 0 aromatic heterocycles. The Bertz CT molecular complexity index is 629. The molecule has 1 amide bonds. The van der Waals surface area contributed by atoms with E-state index in [4.69, 9.17) is 9.47 Å². The number of carbonyl (C=O) groups is 1. The Hall–Kier alpha value is -1.79. The summed E-state index contributed by atoms with van der Waals surface area (Å²) in [5, 5.41) is 3.25. The first-order chi connectivity index (χ1) is 13.1. The standard InChI is InChI=1S/C21H33N3O3/c1-23-11-8-18(9-12-23)24-10-4-5-17(15-24)22-21(25)14-16-13-19(26-2)6-7-20(16)27-3/h6-7,13,17-18H,4-5,8-12,14-15H2,1-3H3,(H,22,25). The number of methoxy groups -OCH3 is 2. The van der Waals surface area contributed by atoms with Gasteiger partial charge in [-0.05, 0) is 70.6 Å². The van der Waals surface area contributed by atoms with Gasteiger partial charge < -0.3 is 19.7 Å². The van der Waals surface area contributed by atoms with Gasteiger partial charge in [-0.1, -0.05) is 0 Å². The fourth-order valence-corrected chi connectivity index (χ4v) is 4.29. The molecule has 1 atom stereocenters. The Labute approximate surface area is 162 Å². The minimum absolute atomic E-state index is 0.0526. The number of ether oxygens (including phenoxy) is 2. The van der Waals surface area contributed by atoms with Crippen molar-refractivity contribution >= 4 is 5.91 Å². The lowest BCUT2D eigenvalue weighted by Gasteiger charge is -2.41. The van der Waals surface area contributed by atoms with Crippen molar-refractivity contribution in [1.82, 2.24) is 15.1 Å². The summed E-state index contributed by atoms with van der Waals surface area (Å²) in [5.74, 6) is 1.52. The van der Waals surface area contributed by atoms with E-state index < -0.39 is 0 Å². The zero-order chi connectivity index (χ0) is 19.2. The molecule has 2 aliphatic heterocycles. The fourth-order valence-electron chi connectivity index (χ4n) is 4.29. The molecular formula is C21H33N3O3. The van der Waals surface area contributed by atoms with Gasteiger partial charge in [0.15, 0.2) is 0 Å². The van der Waals surface area contributed by atoms with E-state index in [0.29, 0.717) is 12.5 Å². The minimum Gasteiger partial charge on any atom is -0.497 e. The molecule has 2 saturated heterocycles. The fraction of sp³-hybridized carbons (Fsp3) is 0.667. The maximum atomic E-state index is 12.6. The van der Waals surface area contributed by atoms with E-state index in [2.05, 4.69) is 22.2 Å². The van der Waals surface area contributed by atoms with Gasteiger partial charge in [0.05, 0.1) is 20.6 Å². The summed E-state index contributed by atoms with van der Waals surface area (Å²) < 4.78 is 10.7. The zero-order valence-corrected chi connectivity index (χ0v) is 16.9. The Balaban J connectivity index is 1.54. The summed E-state index contributed by atoms with van der Waals surface area (Å²) in [4.78, 5) is 17.6. The van der Waals surface area contributed by atoms with Crippen molar-refractivity contribution in [3.63, 3.8) is 0 Å². The van der Waals surface area contributed by atoms with E-state index >= 15 is 0 Å². The molecule has 1 unspecified atom stereocenters. The van der Waals surface area contributed by atoms with Crippen LogP contribution in [-0.4, -0.2) is 75.2 Å². The Kier molecular flexibility index (Phi) is 6.96. The predicted molar refractivity (Wildman–Crippen MR) is 107 cm³/mol. The van der Waals surface area contributed by atoms with Gasteiger partial charge in [-0.25, -0.2) is 0 Å². The third-order valence-corrected chi connectivity index (χ3v) is 5.86. The molecule has 2 fully saturated rings. The smallest absolute Gasteiger partial charge is 0.224 e. The molecule has 0 spiro atoms. The number of likely N-dealkylation sites (tertiary alicyclic amines) is 2. The maximum Gasteiger partial charge on any atom is 0.224 e. The largest absolute Gasteiger partial charge is 0.497 e. The van der Waals surface area contributed by atoms with Crippen LogP contribution in [-0.2, 0) is 11.2 Å². The number of hydrogen-bond acceptors (Lipinski definition) is 5. The highest BCUT2D eigenvalue weighted by Crippen LogP contribution is 2.25. The van der Waals surface area contributed by atoms with Crippen molar-refractivity contribution in [1.29, 1.82) is 0 Å². The summed E-state index contributed by atoms with van der Waals surface area (Å²) >= 11 is 0. The average Bonchev–Trinajstić information content (AvgIpc) is 2.68. The van der Waals surface area contributed by atoms with Crippen molar-refractivity contribution in [2.45, 2.75) is 44.2 Å². The number of nitrogens with one attached hydrogen (secondary N) is 1. The number of benzene rings is 1. The Morgan fingerprint density at radius 3 is 2.63 bits per heavy atom. The van der Waals surface area contributed by atoms with Crippen LogP contribution in [0.2, 0.25) is 0 Å². The average molecular weight is 376 g/mol. The van der Waals surface area contributed by atoms with Crippen LogP contribution in [0.1, 0.15) is 31.2 Å². The zero-order valence-electron chi connectivity index (χ0n) is 16.9.